The second-order valence-electron chi connectivity index (χ2n) is 6.16. The first-order chi connectivity index (χ1) is 13.7. The first kappa shape index (κ1) is 20.6. The average molecular weight is 465 g/mol. The lowest BCUT2D eigenvalue weighted by atomic mass is 10.2. The van der Waals surface area contributed by atoms with Gasteiger partial charge >= 0.3 is 0 Å². The Morgan fingerprint density at radius 3 is 2.62 bits per heavy atom. The minimum Gasteiger partial charge on any atom is -0.487 e. The number of hydrogen-bond acceptors (Lipinski definition) is 5. The van der Waals surface area contributed by atoms with E-state index in [4.69, 9.17) is 10.5 Å². The van der Waals surface area contributed by atoms with E-state index in [1.807, 2.05) is 0 Å². The number of benzene rings is 1. The third-order valence-electron chi connectivity index (χ3n) is 4.11. The number of aryl methyl sites for hydroxylation is 2. The lowest BCUT2D eigenvalue weighted by molar-refractivity contribution is 0.0990. The molecule has 0 saturated carbocycles. The van der Waals surface area contributed by atoms with Gasteiger partial charge in [-0.25, -0.2) is 18.7 Å². The quantitative estimate of drug-likeness (QED) is 0.625. The first-order valence-electron chi connectivity index (χ1n) is 8.31. The maximum atomic E-state index is 13.8. The lowest BCUT2D eigenvalue weighted by Crippen LogP contribution is -2.24. The molecule has 0 fully saturated rings. The molecule has 2 heterocycles. The Balaban J connectivity index is 1.96. The number of amides is 1. The second-order valence-corrected chi connectivity index (χ2v) is 6.95. The normalized spacial score (nSPS) is 10.8. The molecule has 29 heavy (non-hydrogen) atoms. The van der Waals surface area contributed by atoms with Crippen LogP contribution in [-0.2, 0) is 6.61 Å². The number of carbonyl (C=O) groups excluding carboxylic acids is 1. The summed E-state index contributed by atoms with van der Waals surface area (Å²) >= 11 is 3.20. The number of nitrogens with two attached hydrogens (primary N) is 1. The number of hydrogen-bond donors (Lipinski definition) is 1. The predicted octanol–water partition coefficient (Wildman–Crippen LogP) is 2.96. The van der Waals surface area contributed by atoms with Gasteiger partial charge in [-0.2, -0.15) is 0 Å². The van der Waals surface area contributed by atoms with Crippen molar-refractivity contribution < 1.29 is 18.3 Å². The van der Waals surface area contributed by atoms with Crippen LogP contribution in [-0.4, -0.2) is 20.4 Å². The van der Waals surface area contributed by atoms with Crippen LogP contribution in [0.5, 0.6) is 5.75 Å². The van der Waals surface area contributed by atoms with Crippen molar-refractivity contribution in [3.05, 3.63) is 79.7 Å². The maximum Gasteiger partial charge on any atom is 0.286 e. The number of rotatable bonds is 5. The van der Waals surface area contributed by atoms with E-state index in [2.05, 4.69) is 25.9 Å². The zero-order valence-corrected chi connectivity index (χ0v) is 17.0. The summed E-state index contributed by atoms with van der Waals surface area (Å²) in [5.74, 6) is -2.17. The molecule has 7 nitrogen and oxygen atoms in total. The average Bonchev–Trinajstić information content (AvgIpc) is 2.65. The highest BCUT2D eigenvalue weighted by Crippen LogP contribution is 2.26. The van der Waals surface area contributed by atoms with E-state index >= 15 is 0 Å². The Hall–Kier alpha value is -3.14. The van der Waals surface area contributed by atoms with E-state index in [0.717, 1.165) is 12.1 Å². The predicted molar refractivity (Wildman–Crippen MR) is 104 cm³/mol. The Morgan fingerprint density at radius 1 is 1.28 bits per heavy atom. The molecular weight excluding hydrogens is 450 g/mol. The Bertz CT molecular complexity index is 1180. The molecule has 0 radical (unpaired) electrons. The Labute approximate surface area is 172 Å². The van der Waals surface area contributed by atoms with Gasteiger partial charge in [-0.05, 0) is 41.9 Å². The molecule has 150 valence electrons. The zero-order valence-electron chi connectivity index (χ0n) is 15.4. The SMILES string of the molecule is Cc1nc(C(N)=O)ncc1-n1c(C)cc(OCc2ccc(F)cc2F)c(Br)c1=O. The number of pyridine rings is 1. The number of halogens is 3. The van der Waals surface area contributed by atoms with E-state index < -0.39 is 23.1 Å². The third kappa shape index (κ3) is 4.16. The minimum absolute atomic E-state index is 0.101. The fraction of sp³-hybridized carbons (Fsp3) is 0.158. The standard InChI is InChI=1S/C19H15BrF2N4O3/c1-9-5-15(29-8-11-3-4-12(21)6-13(11)22)16(20)19(28)26(9)14-7-24-18(17(23)27)25-10(14)2/h3-7H,8H2,1-2H3,(H2,23,27). The van der Waals surface area contributed by atoms with Crippen molar-refractivity contribution in [1.29, 1.82) is 0 Å². The van der Waals surface area contributed by atoms with E-state index in [0.29, 0.717) is 17.1 Å². The smallest absolute Gasteiger partial charge is 0.286 e. The molecular formula is C19H15BrF2N4O3. The van der Waals surface area contributed by atoms with Crippen LogP contribution in [0.3, 0.4) is 0 Å². The van der Waals surface area contributed by atoms with Gasteiger partial charge < -0.3 is 10.5 Å². The summed E-state index contributed by atoms with van der Waals surface area (Å²) < 4.78 is 33.8. The van der Waals surface area contributed by atoms with E-state index in [-0.39, 0.29) is 28.2 Å². The van der Waals surface area contributed by atoms with Crippen molar-refractivity contribution in [2.24, 2.45) is 5.73 Å². The van der Waals surface area contributed by atoms with Crippen molar-refractivity contribution in [2.75, 3.05) is 0 Å². The van der Waals surface area contributed by atoms with Gasteiger partial charge in [0.1, 0.15) is 28.5 Å². The summed E-state index contributed by atoms with van der Waals surface area (Å²) in [6, 6.07) is 4.73. The molecule has 10 heteroatoms. The highest BCUT2D eigenvalue weighted by atomic mass is 79.9. The summed E-state index contributed by atoms with van der Waals surface area (Å²) in [6.45, 7) is 3.09. The molecule has 1 aromatic carbocycles. The molecule has 3 aromatic rings. The van der Waals surface area contributed by atoms with Gasteiger partial charge in [0.25, 0.3) is 11.5 Å². The highest BCUT2D eigenvalue weighted by Gasteiger charge is 2.17. The van der Waals surface area contributed by atoms with Crippen molar-refractivity contribution in [1.82, 2.24) is 14.5 Å². The molecule has 1 amide bonds. The number of primary amides is 1. The van der Waals surface area contributed by atoms with E-state index in [1.54, 1.807) is 19.9 Å². The van der Waals surface area contributed by atoms with Crippen molar-refractivity contribution in [3.8, 4) is 11.4 Å². The summed E-state index contributed by atoms with van der Waals surface area (Å²) in [6.07, 6.45) is 1.33. The fourth-order valence-corrected chi connectivity index (χ4v) is 3.09. The van der Waals surface area contributed by atoms with Gasteiger partial charge in [0, 0.05) is 23.4 Å². The Morgan fingerprint density at radius 2 is 2.00 bits per heavy atom. The van der Waals surface area contributed by atoms with Crippen LogP contribution in [0.25, 0.3) is 5.69 Å². The second kappa shape index (κ2) is 8.08. The minimum atomic E-state index is -0.776. The molecule has 3 rings (SSSR count). The van der Waals surface area contributed by atoms with Crippen LogP contribution in [0.1, 0.15) is 27.6 Å². The Kier molecular flexibility index (Phi) is 5.73. The monoisotopic (exact) mass is 464 g/mol. The molecule has 0 atom stereocenters. The van der Waals surface area contributed by atoms with Gasteiger partial charge in [-0.1, -0.05) is 0 Å². The van der Waals surface area contributed by atoms with Gasteiger partial charge in [0.15, 0.2) is 0 Å². The molecule has 0 aliphatic carbocycles. The number of aromatic nitrogens is 3. The first-order valence-corrected chi connectivity index (χ1v) is 9.11. The topological polar surface area (TPSA) is 100 Å². The summed E-state index contributed by atoms with van der Waals surface area (Å²) in [5, 5.41) is 0. The van der Waals surface area contributed by atoms with Crippen molar-refractivity contribution >= 4 is 21.8 Å². The zero-order chi connectivity index (χ0) is 21.3. The molecule has 2 aromatic heterocycles. The summed E-state index contributed by atoms with van der Waals surface area (Å²) in [4.78, 5) is 32.0. The largest absolute Gasteiger partial charge is 0.487 e. The molecule has 0 spiro atoms. The number of carbonyl (C=O) groups is 1. The third-order valence-corrected chi connectivity index (χ3v) is 4.84. The van der Waals surface area contributed by atoms with Gasteiger partial charge in [0.2, 0.25) is 5.82 Å². The van der Waals surface area contributed by atoms with Crippen molar-refractivity contribution in [2.45, 2.75) is 20.5 Å². The number of ether oxygens (including phenoxy) is 1. The highest BCUT2D eigenvalue weighted by molar-refractivity contribution is 9.10. The molecule has 0 saturated heterocycles. The van der Waals surface area contributed by atoms with Crippen LogP contribution < -0.4 is 16.0 Å². The lowest BCUT2D eigenvalue weighted by Gasteiger charge is -2.16. The van der Waals surface area contributed by atoms with Gasteiger partial charge in [-0.15, -0.1) is 0 Å². The summed E-state index contributed by atoms with van der Waals surface area (Å²) in [5.41, 5.74) is 6.10. The van der Waals surface area contributed by atoms with Crippen molar-refractivity contribution in [3.63, 3.8) is 0 Å². The van der Waals surface area contributed by atoms with Crippen LogP contribution in [0.2, 0.25) is 0 Å². The van der Waals surface area contributed by atoms with E-state index in [9.17, 15) is 18.4 Å². The number of nitrogens with zero attached hydrogens (tertiary/aromatic N) is 3. The summed E-state index contributed by atoms with van der Waals surface area (Å²) in [7, 11) is 0. The molecule has 0 aliphatic rings. The fourth-order valence-electron chi connectivity index (χ4n) is 2.68. The van der Waals surface area contributed by atoms with Crippen LogP contribution in [0.4, 0.5) is 8.78 Å². The van der Waals surface area contributed by atoms with Gasteiger partial charge in [0.05, 0.1) is 17.6 Å². The molecule has 0 unspecified atom stereocenters. The van der Waals surface area contributed by atoms with Crippen LogP contribution in [0, 0.1) is 25.5 Å². The van der Waals surface area contributed by atoms with Crippen LogP contribution in [0.15, 0.2) is 39.7 Å². The van der Waals surface area contributed by atoms with Crippen LogP contribution >= 0.6 is 15.9 Å². The molecule has 0 bridgehead atoms. The van der Waals surface area contributed by atoms with Gasteiger partial charge in [-0.3, -0.25) is 14.2 Å². The maximum absolute atomic E-state index is 13.8. The molecule has 2 N–H and O–H groups in total. The molecule has 0 aliphatic heterocycles. The van der Waals surface area contributed by atoms with E-state index in [1.165, 1.54) is 16.8 Å².